The van der Waals surface area contributed by atoms with Crippen molar-refractivity contribution < 1.29 is 5.11 Å². The molecule has 2 N–H and O–H groups in total. The number of fused-ring (bicyclic) bond motifs is 1. The summed E-state index contributed by atoms with van der Waals surface area (Å²) in [5.74, 6) is 0. The average Bonchev–Trinajstić information content (AvgIpc) is 2.40. The van der Waals surface area contributed by atoms with Crippen molar-refractivity contribution in [3.05, 3.63) is 40.5 Å². The standard InChI is InChI=1S/C17H23BrN2O/c1-17(2,3)9-13(21)11-19-10-12-6-7-15(18)14-5-4-8-20-16(12)14/h4-8,13,19,21H,9-11H2,1-3H3. The summed E-state index contributed by atoms with van der Waals surface area (Å²) in [5, 5.41) is 14.5. The molecule has 4 heteroatoms. The molecule has 3 nitrogen and oxygen atoms in total. The molecule has 0 radical (unpaired) electrons. The number of aromatic nitrogens is 1. The van der Waals surface area contributed by atoms with Crippen molar-refractivity contribution in [3.8, 4) is 0 Å². The van der Waals surface area contributed by atoms with Crippen LogP contribution in [-0.4, -0.2) is 22.7 Å². The van der Waals surface area contributed by atoms with Gasteiger partial charge < -0.3 is 10.4 Å². The van der Waals surface area contributed by atoms with Crippen LogP contribution in [0.15, 0.2) is 34.9 Å². The maximum absolute atomic E-state index is 10.0. The minimum atomic E-state index is -0.320. The summed E-state index contributed by atoms with van der Waals surface area (Å²) in [6.45, 7) is 7.73. The molecule has 1 unspecified atom stereocenters. The average molecular weight is 351 g/mol. The van der Waals surface area contributed by atoms with Gasteiger partial charge in [0.05, 0.1) is 11.6 Å². The number of aliphatic hydroxyl groups is 1. The molecule has 1 aromatic carbocycles. The number of benzene rings is 1. The lowest BCUT2D eigenvalue weighted by Crippen LogP contribution is -2.29. The number of pyridine rings is 1. The Bertz CT molecular complexity index is 607. The van der Waals surface area contributed by atoms with Crippen LogP contribution >= 0.6 is 15.9 Å². The van der Waals surface area contributed by atoms with Crippen LogP contribution in [0.3, 0.4) is 0 Å². The largest absolute Gasteiger partial charge is 0.392 e. The third kappa shape index (κ3) is 4.77. The fraction of sp³-hybridized carbons (Fsp3) is 0.471. The molecule has 0 bridgehead atoms. The highest BCUT2D eigenvalue weighted by molar-refractivity contribution is 9.10. The molecule has 0 aliphatic carbocycles. The molecular formula is C17H23BrN2O. The van der Waals surface area contributed by atoms with Crippen LogP contribution in [0.5, 0.6) is 0 Å². The molecule has 1 aromatic heterocycles. The van der Waals surface area contributed by atoms with Gasteiger partial charge in [0.15, 0.2) is 0 Å². The van der Waals surface area contributed by atoms with Gasteiger partial charge >= 0.3 is 0 Å². The first-order valence-electron chi connectivity index (χ1n) is 7.28. The summed E-state index contributed by atoms with van der Waals surface area (Å²) >= 11 is 3.56. The topological polar surface area (TPSA) is 45.1 Å². The van der Waals surface area contributed by atoms with Crippen LogP contribution in [0, 0.1) is 5.41 Å². The van der Waals surface area contributed by atoms with Gasteiger partial charge in [0.2, 0.25) is 0 Å². The van der Waals surface area contributed by atoms with Crippen LogP contribution in [-0.2, 0) is 6.54 Å². The second-order valence-electron chi connectivity index (χ2n) is 6.66. The predicted molar refractivity (Wildman–Crippen MR) is 91.2 cm³/mol. The van der Waals surface area contributed by atoms with Crippen LogP contribution < -0.4 is 5.32 Å². The third-order valence-electron chi connectivity index (χ3n) is 3.34. The zero-order chi connectivity index (χ0) is 15.5. The number of halogens is 1. The highest BCUT2D eigenvalue weighted by Gasteiger charge is 2.16. The van der Waals surface area contributed by atoms with Crippen LogP contribution in [0.1, 0.15) is 32.8 Å². The summed E-state index contributed by atoms with van der Waals surface area (Å²) in [6, 6.07) is 8.12. The predicted octanol–water partition coefficient (Wildman–Crippen LogP) is 3.88. The number of nitrogens with one attached hydrogen (secondary N) is 1. The van der Waals surface area contributed by atoms with Gasteiger partial charge in [-0.05, 0) is 29.5 Å². The molecule has 21 heavy (non-hydrogen) atoms. The van der Waals surface area contributed by atoms with E-state index in [9.17, 15) is 5.11 Å². The van der Waals surface area contributed by atoms with Crippen molar-refractivity contribution >= 4 is 26.8 Å². The van der Waals surface area contributed by atoms with E-state index in [1.54, 1.807) is 0 Å². The summed E-state index contributed by atoms with van der Waals surface area (Å²) < 4.78 is 1.06. The normalized spacial score (nSPS) is 13.6. The van der Waals surface area contributed by atoms with E-state index in [0.717, 1.165) is 27.4 Å². The lowest BCUT2D eigenvalue weighted by atomic mass is 9.89. The van der Waals surface area contributed by atoms with E-state index in [4.69, 9.17) is 0 Å². The van der Waals surface area contributed by atoms with Crippen molar-refractivity contribution in [2.75, 3.05) is 6.54 Å². The first-order valence-corrected chi connectivity index (χ1v) is 8.07. The van der Waals surface area contributed by atoms with Gasteiger partial charge in [-0.3, -0.25) is 4.98 Å². The van der Waals surface area contributed by atoms with E-state index in [1.165, 1.54) is 0 Å². The number of hydrogen-bond acceptors (Lipinski definition) is 3. The van der Waals surface area contributed by atoms with Gasteiger partial charge in [0, 0.05) is 29.1 Å². The Morgan fingerprint density at radius 3 is 2.76 bits per heavy atom. The molecule has 2 rings (SSSR count). The van der Waals surface area contributed by atoms with Crippen LogP contribution in [0.4, 0.5) is 0 Å². The van der Waals surface area contributed by atoms with Crippen molar-refractivity contribution in [1.82, 2.24) is 10.3 Å². The molecule has 0 saturated carbocycles. The first kappa shape index (κ1) is 16.4. The number of hydrogen-bond donors (Lipinski definition) is 2. The Morgan fingerprint density at radius 1 is 1.29 bits per heavy atom. The zero-order valence-corrected chi connectivity index (χ0v) is 14.4. The summed E-state index contributed by atoms with van der Waals surface area (Å²) in [7, 11) is 0. The molecule has 0 aliphatic heterocycles. The lowest BCUT2D eigenvalue weighted by molar-refractivity contribution is 0.119. The second-order valence-corrected chi connectivity index (χ2v) is 7.51. The molecular weight excluding hydrogens is 328 g/mol. The van der Waals surface area contributed by atoms with E-state index in [2.05, 4.69) is 59.1 Å². The van der Waals surface area contributed by atoms with Crippen molar-refractivity contribution in [2.45, 2.75) is 39.8 Å². The van der Waals surface area contributed by atoms with E-state index < -0.39 is 0 Å². The van der Waals surface area contributed by atoms with Crippen molar-refractivity contribution in [1.29, 1.82) is 0 Å². The molecule has 1 heterocycles. The molecule has 0 amide bonds. The number of aliphatic hydroxyl groups excluding tert-OH is 1. The molecule has 0 spiro atoms. The highest BCUT2D eigenvalue weighted by atomic mass is 79.9. The third-order valence-corrected chi connectivity index (χ3v) is 4.03. The fourth-order valence-corrected chi connectivity index (χ4v) is 2.94. The van der Waals surface area contributed by atoms with Gasteiger partial charge in [0.25, 0.3) is 0 Å². The Labute approximate surface area is 134 Å². The molecule has 114 valence electrons. The minimum absolute atomic E-state index is 0.146. The van der Waals surface area contributed by atoms with Gasteiger partial charge in [-0.15, -0.1) is 0 Å². The molecule has 0 aliphatic rings. The fourth-order valence-electron chi connectivity index (χ4n) is 2.49. The summed E-state index contributed by atoms with van der Waals surface area (Å²) in [6.07, 6.45) is 2.28. The molecule has 0 fully saturated rings. The zero-order valence-electron chi connectivity index (χ0n) is 12.9. The van der Waals surface area contributed by atoms with Crippen LogP contribution in [0.2, 0.25) is 0 Å². The minimum Gasteiger partial charge on any atom is -0.392 e. The smallest absolute Gasteiger partial charge is 0.0758 e. The van der Waals surface area contributed by atoms with Crippen molar-refractivity contribution in [2.24, 2.45) is 5.41 Å². The van der Waals surface area contributed by atoms with Crippen molar-refractivity contribution in [3.63, 3.8) is 0 Å². The van der Waals surface area contributed by atoms with E-state index in [1.807, 2.05) is 18.3 Å². The Balaban J connectivity index is 2.00. The van der Waals surface area contributed by atoms with E-state index in [0.29, 0.717) is 13.1 Å². The molecule has 2 aromatic rings. The number of rotatable bonds is 5. The van der Waals surface area contributed by atoms with Gasteiger partial charge in [-0.1, -0.05) is 48.8 Å². The Morgan fingerprint density at radius 2 is 2.05 bits per heavy atom. The molecule has 1 atom stereocenters. The van der Waals surface area contributed by atoms with E-state index >= 15 is 0 Å². The highest BCUT2D eigenvalue weighted by Crippen LogP contribution is 2.25. The quantitative estimate of drug-likeness (QED) is 0.859. The van der Waals surface area contributed by atoms with Crippen LogP contribution in [0.25, 0.3) is 10.9 Å². The SMILES string of the molecule is CC(C)(C)CC(O)CNCc1ccc(Br)c2cccnc12. The molecule has 0 saturated heterocycles. The van der Waals surface area contributed by atoms with E-state index in [-0.39, 0.29) is 11.5 Å². The number of nitrogens with zero attached hydrogens (tertiary/aromatic N) is 1. The summed E-state index contributed by atoms with van der Waals surface area (Å²) in [4.78, 5) is 4.47. The Kier molecular flexibility index (Phi) is 5.36. The maximum atomic E-state index is 10.0. The lowest BCUT2D eigenvalue weighted by Gasteiger charge is -2.22. The van der Waals surface area contributed by atoms with Gasteiger partial charge in [0.1, 0.15) is 0 Å². The monoisotopic (exact) mass is 350 g/mol. The first-order chi connectivity index (χ1) is 9.87. The maximum Gasteiger partial charge on any atom is 0.0758 e. The summed E-state index contributed by atoms with van der Waals surface area (Å²) in [5.41, 5.74) is 2.30. The van der Waals surface area contributed by atoms with Gasteiger partial charge in [-0.25, -0.2) is 0 Å². The Hall–Kier alpha value is -0.970. The second kappa shape index (κ2) is 6.86. The van der Waals surface area contributed by atoms with Gasteiger partial charge in [-0.2, -0.15) is 0 Å².